The van der Waals surface area contributed by atoms with Crippen molar-refractivity contribution in [2.75, 3.05) is 6.54 Å². The summed E-state index contributed by atoms with van der Waals surface area (Å²) in [6.07, 6.45) is 4.76. The number of carbonyl (C=O) groups is 1. The monoisotopic (exact) mass is 353 g/mol. The van der Waals surface area contributed by atoms with Crippen molar-refractivity contribution >= 4 is 5.91 Å². The molecule has 2 rings (SSSR count). The standard InChI is InChI=1S/C22H31N3O/c1-6-16(3)12-13-25(15-20-11-9-8-10-19(20)7-2)22(26)21-14-23-18(5)24-17(21)4/h8-11,14,16H,6-7,12-13,15H2,1-5H3. The molecule has 1 atom stereocenters. The molecule has 26 heavy (non-hydrogen) atoms. The van der Waals surface area contributed by atoms with Crippen molar-refractivity contribution in [3.05, 3.63) is 58.7 Å². The lowest BCUT2D eigenvalue weighted by atomic mass is 10.0. The average Bonchev–Trinajstić information content (AvgIpc) is 2.64. The van der Waals surface area contributed by atoms with Crippen LogP contribution in [0.5, 0.6) is 0 Å². The normalized spacial score (nSPS) is 12.0. The van der Waals surface area contributed by atoms with E-state index in [1.54, 1.807) is 6.20 Å². The highest BCUT2D eigenvalue weighted by Crippen LogP contribution is 2.18. The first-order chi connectivity index (χ1) is 12.5. The molecule has 0 saturated carbocycles. The molecule has 4 heteroatoms. The molecule has 0 aliphatic heterocycles. The maximum absolute atomic E-state index is 13.2. The van der Waals surface area contributed by atoms with Gasteiger partial charge in [-0.2, -0.15) is 0 Å². The van der Waals surface area contributed by atoms with Gasteiger partial charge in [-0.3, -0.25) is 4.79 Å². The molecule has 140 valence electrons. The van der Waals surface area contributed by atoms with Gasteiger partial charge in [0.05, 0.1) is 11.3 Å². The summed E-state index contributed by atoms with van der Waals surface area (Å²) in [5, 5.41) is 0. The number of carbonyl (C=O) groups excluding carboxylic acids is 1. The van der Waals surface area contributed by atoms with E-state index >= 15 is 0 Å². The molecule has 0 N–H and O–H groups in total. The van der Waals surface area contributed by atoms with Crippen molar-refractivity contribution in [3.63, 3.8) is 0 Å². The highest BCUT2D eigenvalue weighted by Gasteiger charge is 2.20. The van der Waals surface area contributed by atoms with Gasteiger partial charge >= 0.3 is 0 Å². The lowest BCUT2D eigenvalue weighted by Crippen LogP contribution is -2.33. The Morgan fingerprint density at radius 2 is 1.85 bits per heavy atom. The van der Waals surface area contributed by atoms with E-state index in [0.717, 1.165) is 31.5 Å². The van der Waals surface area contributed by atoms with Crippen LogP contribution in [0.2, 0.25) is 0 Å². The van der Waals surface area contributed by atoms with E-state index in [2.05, 4.69) is 48.9 Å². The molecule has 4 nitrogen and oxygen atoms in total. The maximum Gasteiger partial charge on any atom is 0.257 e. The number of hydrogen-bond donors (Lipinski definition) is 0. The molecule has 0 radical (unpaired) electrons. The van der Waals surface area contributed by atoms with Crippen LogP contribution in [0.1, 0.15) is 66.6 Å². The predicted octanol–water partition coefficient (Wildman–Crippen LogP) is 4.73. The molecule has 1 aromatic heterocycles. The minimum Gasteiger partial charge on any atom is -0.334 e. The Labute approximate surface area is 157 Å². The van der Waals surface area contributed by atoms with Crippen LogP contribution in [-0.4, -0.2) is 27.3 Å². The maximum atomic E-state index is 13.2. The second kappa shape index (κ2) is 9.46. The molecule has 1 aromatic carbocycles. The molecule has 0 spiro atoms. The van der Waals surface area contributed by atoms with Crippen LogP contribution in [0.25, 0.3) is 0 Å². The van der Waals surface area contributed by atoms with Gasteiger partial charge in [-0.05, 0) is 43.7 Å². The minimum atomic E-state index is 0.0247. The number of aryl methyl sites for hydroxylation is 3. The van der Waals surface area contributed by atoms with E-state index in [1.165, 1.54) is 11.1 Å². The zero-order valence-corrected chi connectivity index (χ0v) is 16.7. The molecule has 1 unspecified atom stereocenters. The summed E-state index contributed by atoms with van der Waals surface area (Å²) in [6.45, 7) is 11.7. The summed E-state index contributed by atoms with van der Waals surface area (Å²) in [5.74, 6) is 1.32. The summed E-state index contributed by atoms with van der Waals surface area (Å²) in [6, 6.07) is 8.38. The summed E-state index contributed by atoms with van der Waals surface area (Å²) in [7, 11) is 0. The minimum absolute atomic E-state index is 0.0247. The summed E-state index contributed by atoms with van der Waals surface area (Å²) < 4.78 is 0. The fourth-order valence-corrected chi connectivity index (χ4v) is 3.06. The number of nitrogens with zero attached hydrogens (tertiary/aromatic N) is 3. The van der Waals surface area contributed by atoms with Gasteiger partial charge in [0.2, 0.25) is 0 Å². The SMILES string of the molecule is CCc1ccccc1CN(CCC(C)CC)C(=O)c1cnc(C)nc1C. The van der Waals surface area contributed by atoms with E-state index in [9.17, 15) is 4.79 Å². The molecule has 2 aromatic rings. The Kier molecular flexibility index (Phi) is 7.31. The van der Waals surface area contributed by atoms with Crippen molar-refractivity contribution in [2.24, 2.45) is 5.92 Å². The smallest absolute Gasteiger partial charge is 0.257 e. The zero-order chi connectivity index (χ0) is 19.1. The quantitative estimate of drug-likeness (QED) is 0.689. The highest BCUT2D eigenvalue weighted by atomic mass is 16.2. The largest absolute Gasteiger partial charge is 0.334 e. The summed E-state index contributed by atoms with van der Waals surface area (Å²) in [4.78, 5) is 23.8. The Hall–Kier alpha value is -2.23. The average molecular weight is 354 g/mol. The van der Waals surface area contributed by atoms with Gasteiger partial charge in [-0.25, -0.2) is 9.97 Å². The fraction of sp³-hybridized carbons (Fsp3) is 0.500. The molecule has 0 aliphatic rings. The number of amides is 1. The van der Waals surface area contributed by atoms with Gasteiger partial charge in [0.1, 0.15) is 5.82 Å². The number of benzene rings is 1. The fourth-order valence-electron chi connectivity index (χ4n) is 3.06. The van der Waals surface area contributed by atoms with Crippen molar-refractivity contribution in [1.29, 1.82) is 0 Å². The third kappa shape index (κ3) is 5.13. The topological polar surface area (TPSA) is 46.1 Å². The first kappa shape index (κ1) is 20.1. The lowest BCUT2D eigenvalue weighted by molar-refractivity contribution is 0.0731. The first-order valence-electron chi connectivity index (χ1n) is 9.62. The molecule has 0 bridgehead atoms. The number of hydrogen-bond acceptors (Lipinski definition) is 3. The molecular weight excluding hydrogens is 322 g/mol. The van der Waals surface area contributed by atoms with Gasteiger partial charge in [-0.1, -0.05) is 51.5 Å². The lowest BCUT2D eigenvalue weighted by Gasteiger charge is -2.26. The zero-order valence-electron chi connectivity index (χ0n) is 16.7. The Bertz CT molecular complexity index is 742. The van der Waals surface area contributed by atoms with Crippen LogP contribution in [-0.2, 0) is 13.0 Å². The van der Waals surface area contributed by atoms with Crippen molar-refractivity contribution in [2.45, 2.75) is 60.4 Å². The molecule has 1 amide bonds. The number of aromatic nitrogens is 2. The van der Waals surface area contributed by atoms with Crippen molar-refractivity contribution in [1.82, 2.24) is 14.9 Å². The van der Waals surface area contributed by atoms with E-state index < -0.39 is 0 Å². The Morgan fingerprint density at radius 3 is 2.46 bits per heavy atom. The summed E-state index contributed by atoms with van der Waals surface area (Å²) >= 11 is 0. The summed E-state index contributed by atoms with van der Waals surface area (Å²) in [5.41, 5.74) is 3.87. The first-order valence-corrected chi connectivity index (χ1v) is 9.62. The van der Waals surface area contributed by atoms with Crippen molar-refractivity contribution < 1.29 is 4.79 Å². The van der Waals surface area contributed by atoms with E-state index in [4.69, 9.17) is 0 Å². The van der Waals surface area contributed by atoms with Gasteiger partial charge in [-0.15, -0.1) is 0 Å². The third-order valence-electron chi connectivity index (χ3n) is 5.07. The molecule has 0 saturated heterocycles. The molecule has 0 aliphatic carbocycles. The Balaban J connectivity index is 2.29. The van der Waals surface area contributed by atoms with E-state index in [-0.39, 0.29) is 5.91 Å². The molecule has 0 fully saturated rings. The van der Waals surface area contributed by atoms with Crippen molar-refractivity contribution in [3.8, 4) is 0 Å². The molecule has 1 heterocycles. The van der Waals surface area contributed by atoms with Crippen LogP contribution in [0.3, 0.4) is 0 Å². The van der Waals surface area contributed by atoms with E-state index in [1.807, 2.05) is 24.8 Å². The third-order valence-corrected chi connectivity index (χ3v) is 5.07. The Morgan fingerprint density at radius 1 is 1.15 bits per heavy atom. The second-order valence-electron chi connectivity index (χ2n) is 7.07. The second-order valence-corrected chi connectivity index (χ2v) is 7.07. The van der Waals surface area contributed by atoms with E-state index in [0.29, 0.717) is 23.9 Å². The van der Waals surface area contributed by atoms with Gasteiger partial charge in [0.25, 0.3) is 5.91 Å². The van der Waals surface area contributed by atoms with Crippen LogP contribution in [0, 0.1) is 19.8 Å². The van der Waals surface area contributed by atoms with Gasteiger partial charge in [0, 0.05) is 19.3 Å². The van der Waals surface area contributed by atoms with Crippen LogP contribution in [0.15, 0.2) is 30.5 Å². The highest BCUT2D eigenvalue weighted by molar-refractivity contribution is 5.94. The van der Waals surface area contributed by atoms with Crippen LogP contribution >= 0.6 is 0 Å². The van der Waals surface area contributed by atoms with Gasteiger partial charge < -0.3 is 4.90 Å². The molecular formula is C22H31N3O. The van der Waals surface area contributed by atoms with Crippen LogP contribution in [0.4, 0.5) is 0 Å². The number of rotatable bonds is 8. The van der Waals surface area contributed by atoms with Gasteiger partial charge in [0.15, 0.2) is 0 Å². The van der Waals surface area contributed by atoms with Crippen LogP contribution < -0.4 is 0 Å². The predicted molar refractivity (Wildman–Crippen MR) is 106 cm³/mol.